The molecule has 0 saturated carbocycles. The van der Waals surface area contributed by atoms with Crippen molar-refractivity contribution in [3.63, 3.8) is 0 Å². The lowest BCUT2D eigenvalue weighted by Gasteiger charge is -2.16. The first-order valence-electron chi connectivity index (χ1n) is 7.50. The van der Waals surface area contributed by atoms with E-state index in [0.717, 1.165) is 22.3 Å². The number of aromatic hydroxyl groups is 2. The lowest BCUT2D eigenvalue weighted by atomic mass is 9.91. The molecule has 0 spiro atoms. The highest BCUT2D eigenvalue weighted by Crippen LogP contribution is 2.35. The SMILES string of the molecule is CC/C(=C(/CC(I)[N+](=O)[O-])c1ccc(O)cc1)c1ccc(O)cc1. The zero-order valence-corrected chi connectivity index (χ0v) is 15.3. The van der Waals surface area contributed by atoms with Gasteiger partial charge in [0.25, 0.3) is 4.05 Å². The zero-order valence-electron chi connectivity index (χ0n) is 13.1. The Kier molecular flexibility index (Phi) is 6.19. The van der Waals surface area contributed by atoms with Crippen LogP contribution in [0.5, 0.6) is 11.5 Å². The summed E-state index contributed by atoms with van der Waals surface area (Å²) >= 11 is 1.83. The Labute approximate surface area is 153 Å². The van der Waals surface area contributed by atoms with Gasteiger partial charge in [-0.2, -0.15) is 0 Å². The summed E-state index contributed by atoms with van der Waals surface area (Å²) in [6.45, 7) is 2.00. The molecule has 0 heterocycles. The van der Waals surface area contributed by atoms with Crippen LogP contribution in [-0.2, 0) is 0 Å². The van der Waals surface area contributed by atoms with Gasteiger partial charge in [0, 0.05) is 27.5 Å². The summed E-state index contributed by atoms with van der Waals surface area (Å²) in [5, 5.41) is 30.1. The number of rotatable bonds is 6. The molecule has 0 aliphatic heterocycles. The molecule has 24 heavy (non-hydrogen) atoms. The summed E-state index contributed by atoms with van der Waals surface area (Å²) in [6.07, 6.45) is 0.977. The highest BCUT2D eigenvalue weighted by Gasteiger charge is 2.21. The summed E-state index contributed by atoms with van der Waals surface area (Å²) in [5.41, 5.74) is 3.63. The van der Waals surface area contributed by atoms with E-state index >= 15 is 0 Å². The van der Waals surface area contributed by atoms with E-state index in [9.17, 15) is 20.3 Å². The van der Waals surface area contributed by atoms with Crippen molar-refractivity contribution in [1.29, 1.82) is 0 Å². The van der Waals surface area contributed by atoms with E-state index in [1.165, 1.54) is 0 Å². The minimum atomic E-state index is -0.745. The molecule has 1 atom stereocenters. The first-order valence-corrected chi connectivity index (χ1v) is 8.75. The van der Waals surface area contributed by atoms with Gasteiger partial charge in [-0.05, 0) is 53.0 Å². The molecular formula is C18H18INO4. The van der Waals surface area contributed by atoms with Crippen LogP contribution >= 0.6 is 22.6 Å². The molecule has 126 valence electrons. The third-order valence-electron chi connectivity index (χ3n) is 3.75. The number of hydrogen-bond acceptors (Lipinski definition) is 4. The molecule has 5 nitrogen and oxygen atoms in total. The van der Waals surface area contributed by atoms with Gasteiger partial charge in [-0.15, -0.1) is 0 Å². The van der Waals surface area contributed by atoms with Gasteiger partial charge in [0.1, 0.15) is 11.5 Å². The Morgan fingerprint density at radius 2 is 1.42 bits per heavy atom. The van der Waals surface area contributed by atoms with Crippen LogP contribution in [0.15, 0.2) is 48.5 Å². The van der Waals surface area contributed by atoms with Crippen LogP contribution < -0.4 is 0 Å². The smallest absolute Gasteiger partial charge is 0.264 e. The fourth-order valence-electron chi connectivity index (χ4n) is 2.58. The van der Waals surface area contributed by atoms with Gasteiger partial charge < -0.3 is 10.2 Å². The van der Waals surface area contributed by atoms with Gasteiger partial charge in [0.15, 0.2) is 0 Å². The van der Waals surface area contributed by atoms with Gasteiger partial charge in [-0.3, -0.25) is 10.1 Å². The normalized spacial score (nSPS) is 13.2. The van der Waals surface area contributed by atoms with E-state index in [-0.39, 0.29) is 22.8 Å². The number of benzene rings is 2. The number of phenols is 2. The molecule has 0 fully saturated rings. The molecule has 2 aromatic rings. The molecule has 0 saturated heterocycles. The monoisotopic (exact) mass is 439 g/mol. The second kappa shape index (κ2) is 8.14. The van der Waals surface area contributed by atoms with Crippen molar-refractivity contribution in [2.24, 2.45) is 0 Å². The second-order valence-corrected chi connectivity index (χ2v) is 6.77. The first kappa shape index (κ1) is 18.3. The predicted molar refractivity (Wildman–Crippen MR) is 103 cm³/mol. The van der Waals surface area contributed by atoms with Crippen molar-refractivity contribution < 1.29 is 15.1 Å². The first-order chi connectivity index (χ1) is 11.4. The predicted octanol–water partition coefficient (Wildman–Crippen LogP) is 4.85. The molecule has 2 N–H and O–H groups in total. The molecule has 0 aliphatic carbocycles. The highest BCUT2D eigenvalue weighted by molar-refractivity contribution is 14.1. The Hall–Kier alpha value is -2.09. The van der Waals surface area contributed by atoms with Gasteiger partial charge >= 0.3 is 0 Å². The fraction of sp³-hybridized carbons (Fsp3) is 0.222. The van der Waals surface area contributed by atoms with Crippen molar-refractivity contribution in [1.82, 2.24) is 0 Å². The molecule has 6 heteroatoms. The maximum atomic E-state index is 11.1. The van der Waals surface area contributed by atoms with Gasteiger partial charge in [0.2, 0.25) is 0 Å². The van der Waals surface area contributed by atoms with E-state index in [2.05, 4.69) is 0 Å². The summed E-state index contributed by atoms with van der Waals surface area (Å²) in [7, 11) is 0. The molecule has 0 bridgehead atoms. The quantitative estimate of drug-likeness (QED) is 0.168. The average molecular weight is 439 g/mol. The summed E-state index contributed by atoms with van der Waals surface area (Å²) in [5.74, 6) is 0.332. The summed E-state index contributed by atoms with van der Waals surface area (Å²) in [6, 6.07) is 13.5. The number of hydrogen-bond donors (Lipinski definition) is 2. The number of nitro groups is 1. The molecule has 0 amide bonds. The molecule has 2 aromatic carbocycles. The van der Waals surface area contributed by atoms with E-state index in [0.29, 0.717) is 6.42 Å². The van der Waals surface area contributed by atoms with Crippen LogP contribution in [0.2, 0.25) is 0 Å². The Morgan fingerprint density at radius 3 is 1.79 bits per heavy atom. The molecule has 0 aliphatic rings. The minimum absolute atomic E-state index is 0.154. The second-order valence-electron chi connectivity index (χ2n) is 5.33. The van der Waals surface area contributed by atoms with E-state index in [4.69, 9.17) is 0 Å². The number of allylic oxidation sites excluding steroid dienone is 1. The largest absolute Gasteiger partial charge is 0.508 e. The number of alkyl halides is 1. The van der Waals surface area contributed by atoms with Crippen molar-refractivity contribution >= 4 is 33.7 Å². The number of nitrogens with zero attached hydrogens (tertiary/aromatic N) is 1. The fourth-order valence-corrected chi connectivity index (χ4v) is 3.02. The van der Waals surface area contributed by atoms with Crippen LogP contribution in [0.25, 0.3) is 11.1 Å². The van der Waals surface area contributed by atoms with E-state index in [1.807, 2.05) is 41.6 Å². The van der Waals surface area contributed by atoms with Crippen LogP contribution in [0.3, 0.4) is 0 Å². The minimum Gasteiger partial charge on any atom is -0.508 e. The summed E-state index contributed by atoms with van der Waals surface area (Å²) < 4.78 is -0.745. The third kappa shape index (κ3) is 4.47. The molecule has 0 aromatic heterocycles. The highest BCUT2D eigenvalue weighted by atomic mass is 127. The summed E-state index contributed by atoms with van der Waals surface area (Å²) in [4.78, 5) is 10.8. The third-order valence-corrected chi connectivity index (χ3v) is 4.65. The molecule has 1 unspecified atom stereocenters. The van der Waals surface area contributed by atoms with Gasteiger partial charge in [0.05, 0.1) is 6.42 Å². The van der Waals surface area contributed by atoms with E-state index < -0.39 is 4.05 Å². The van der Waals surface area contributed by atoms with Crippen LogP contribution in [0.4, 0.5) is 0 Å². The van der Waals surface area contributed by atoms with Crippen LogP contribution in [0, 0.1) is 10.1 Å². The molecule has 0 radical (unpaired) electrons. The molecular weight excluding hydrogens is 421 g/mol. The maximum absolute atomic E-state index is 11.1. The standard InChI is InChI=1S/C18H18INO4/c1-2-16(12-3-7-14(21)8-4-12)17(11-18(19)20(23)24)13-5-9-15(22)10-6-13/h3-10,18,21-22H,2,11H2,1H3/b17-16+. The zero-order chi connectivity index (χ0) is 17.7. The average Bonchev–Trinajstić information content (AvgIpc) is 2.56. The van der Waals surface area contributed by atoms with E-state index in [1.54, 1.807) is 36.4 Å². The van der Waals surface area contributed by atoms with Crippen LogP contribution in [0.1, 0.15) is 30.9 Å². The Bertz CT molecular complexity index is 739. The van der Waals surface area contributed by atoms with Gasteiger partial charge in [-0.1, -0.05) is 31.2 Å². The lowest BCUT2D eigenvalue weighted by Crippen LogP contribution is -2.12. The van der Waals surface area contributed by atoms with Crippen molar-refractivity contribution in [3.8, 4) is 11.5 Å². The molecule has 2 rings (SSSR count). The van der Waals surface area contributed by atoms with Crippen molar-refractivity contribution in [3.05, 3.63) is 69.8 Å². The Balaban J connectivity index is 2.57. The lowest BCUT2D eigenvalue weighted by molar-refractivity contribution is -0.487. The Morgan fingerprint density at radius 1 is 1.00 bits per heavy atom. The maximum Gasteiger partial charge on any atom is 0.264 e. The van der Waals surface area contributed by atoms with Crippen molar-refractivity contribution in [2.45, 2.75) is 23.8 Å². The number of halogens is 1. The van der Waals surface area contributed by atoms with Gasteiger partial charge in [-0.25, -0.2) is 0 Å². The van der Waals surface area contributed by atoms with Crippen LogP contribution in [-0.4, -0.2) is 19.2 Å². The topological polar surface area (TPSA) is 83.6 Å². The number of phenolic OH excluding ortho intramolecular Hbond substituents is 2. The van der Waals surface area contributed by atoms with Crippen molar-refractivity contribution in [2.75, 3.05) is 0 Å².